The summed E-state index contributed by atoms with van der Waals surface area (Å²) >= 11 is 0. The standard InChI is InChI=1S/C14H19N3O3/c1-3-10(2)13(18)16-6-4-5-12(9-16)17-8-11(7-15-17)14(19)20/h3,7-8,12H,4-6,9H2,1-2H3,(H,19,20)/b10-3+. The molecule has 2 rings (SSSR count). The quantitative estimate of drug-likeness (QED) is 0.853. The van der Waals surface area contributed by atoms with Crippen molar-refractivity contribution in [2.24, 2.45) is 0 Å². The molecule has 0 aromatic carbocycles. The van der Waals surface area contributed by atoms with Crippen LogP contribution in [0.15, 0.2) is 24.0 Å². The van der Waals surface area contributed by atoms with E-state index in [-0.39, 0.29) is 17.5 Å². The first kappa shape index (κ1) is 14.3. The smallest absolute Gasteiger partial charge is 0.338 e. The average molecular weight is 277 g/mol. The number of rotatable bonds is 3. The molecule has 0 saturated carbocycles. The Morgan fingerprint density at radius 2 is 2.25 bits per heavy atom. The van der Waals surface area contributed by atoms with Gasteiger partial charge < -0.3 is 10.0 Å². The van der Waals surface area contributed by atoms with Gasteiger partial charge in [0.1, 0.15) is 0 Å². The van der Waals surface area contributed by atoms with Crippen LogP contribution in [-0.4, -0.2) is 44.8 Å². The Morgan fingerprint density at radius 3 is 2.85 bits per heavy atom. The van der Waals surface area contributed by atoms with Crippen molar-refractivity contribution in [1.82, 2.24) is 14.7 Å². The SMILES string of the molecule is C/C=C(\C)C(=O)N1CCCC(n2cc(C(=O)O)cn2)C1. The zero-order valence-electron chi connectivity index (χ0n) is 11.7. The molecule has 0 spiro atoms. The third-order valence-corrected chi connectivity index (χ3v) is 3.68. The fraction of sp³-hybridized carbons (Fsp3) is 0.500. The summed E-state index contributed by atoms with van der Waals surface area (Å²) in [7, 11) is 0. The molecule has 1 unspecified atom stereocenters. The summed E-state index contributed by atoms with van der Waals surface area (Å²) in [6, 6.07) is 0.0467. The largest absolute Gasteiger partial charge is 0.478 e. The van der Waals surface area contributed by atoms with Crippen LogP contribution in [0.25, 0.3) is 0 Å². The molecular weight excluding hydrogens is 258 g/mol. The first-order valence-corrected chi connectivity index (χ1v) is 6.72. The molecule has 0 aliphatic carbocycles. The van der Waals surface area contributed by atoms with Crippen LogP contribution >= 0.6 is 0 Å². The lowest BCUT2D eigenvalue weighted by Gasteiger charge is -2.33. The highest BCUT2D eigenvalue weighted by molar-refractivity contribution is 5.92. The molecule has 108 valence electrons. The van der Waals surface area contributed by atoms with Crippen molar-refractivity contribution in [3.8, 4) is 0 Å². The Hall–Kier alpha value is -2.11. The van der Waals surface area contributed by atoms with Crippen LogP contribution in [0.2, 0.25) is 0 Å². The van der Waals surface area contributed by atoms with E-state index in [1.165, 1.54) is 12.4 Å². The predicted molar refractivity (Wildman–Crippen MR) is 73.5 cm³/mol. The third-order valence-electron chi connectivity index (χ3n) is 3.68. The van der Waals surface area contributed by atoms with E-state index in [0.29, 0.717) is 6.54 Å². The molecule has 6 nitrogen and oxygen atoms in total. The van der Waals surface area contributed by atoms with E-state index >= 15 is 0 Å². The summed E-state index contributed by atoms with van der Waals surface area (Å²) in [6.07, 6.45) is 6.49. The highest BCUT2D eigenvalue weighted by atomic mass is 16.4. The number of carbonyl (C=O) groups is 2. The second-order valence-corrected chi connectivity index (χ2v) is 5.03. The van der Waals surface area contributed by atoms with E-state index < -0.39 is 5.97 Å². The Bertz CT molecular complexity index is 548. The number of piperidine rings is 1. The highest BCUT2D eigenvalue weighted by Gasteiger charge is 2.26. The van der Waals surface area contributed by atoms with Gasteiger partial charge in [-0.1, -0.05) is 6.08 Å². The van der Waals surface area contributed by atoms with E-state index in [2.05, 4.69) is 5.10 Å². The summed E-state index contributed by atoms with van der Waals surface area (Å²) in [5.41, 5.74) is 0.912. The van der Waals surface area contributed by atoms with Crippen molar-refractivity contribution in [2.45, 2.75) is 32.7 Å². The number of nitrogens with zero attached hydrogens (tertiary/aromatic N) is 3. The van der Waals surface area contributed by atoms with E-state index in [9.17, 15) is 9.59 Å². The van der Waals surface area contributed by atoms with Gasteiger partial charge in [-0.15, -0.1) is 0 Å². The van der Waals surface area contributed by atoms with Crippen LogP contribution in [0.4, 0.5) is 0 Å². The monoisotopic (exact) mass is 277 g/mol. The minimum atomic E-state index is -0.982. The van der Waals surface area contributed by atoms with Crippen LogP contribution in [0.1, 0.15) is 43.1 Å². The molecule has 0 bridgehead atoms. The number of likely N-dealkylation sites (tertiary alicyclic amines) is 1. The van der Waals surface area contributed by atoms with Crippen molar-refractivity contribution in [2.75, 3.05) is 13.1 Å². The van der Waals surface area contributed by atoms with Crippen LogP contribution in [0.3, 0.4) is 0 Å². The van der Waals surface area contributed by atoms with Crippen LogP contribution in [0.5, 0.6) is 0 Å². The average Bonchev–Trinajstić information content (AvgIpc) is 2.96. The number of hydrogen-bond acceptors (Lipinski definition) is 3. The lowest BCUT2D eigenvalue weighted by molar-refractivity contribution is -0.128. The fourth-order valence-electron chi connectivity index (χ4n) is 2.38. The molecule has 1 fully saturated rings. The second kappa shape index (κ2) is 5.90. The summed E-state index contributed by atoms with van der Waals surface area (Å²) in [5, 5.41) is 13.0. The predicted octanol–water partition coefficient (Wildman–Crippen LogP) is 1.71. The van der Waals surface area contributed by atoms with Crippen LogP contribution < -0.4 is 0 Å². The topological polar surface area (TPSA) is 75.4 Å². The van der Waals surface area contributed by atoms with Gasteiger partial charge in [0.15, 0.2) is 0 Å². The first-order valence-electron chi connectivity index (χ1n) is 6.72. The number of aromatic nitrogens is 2. The van der Waals surface area contributed by atoms with Crippen molar-refractivity contribution in [1.29, 1.82) is 0 Å². The van der Waals surface area contributed by atoms with E-state index in [1.54, 1.807) is 4.68 Å². The first-order chi connectivity index (χ1) is 9.52. The van der Waals surface area contributed by atoms with Gasteiger partial charge >= 0.3 is 5.97 Å². The van der Waals surface area contributed by atoms with E-state index in [4.69, 9.17) is 5.11 Å². The van der Waals surface area contributed by atoms with Gasteiger partial charge in [0.25, 0.3) is 0 Å². The molecule has 1 aliphatic rings. The highest BCUT2D eigenvalue weighted by Crippen LogP contribution is 2.22. The number of aromatic carboxylic acids is 1. The lowest BCUT2D eigenvalue weighted by atomic mass is 10.0. The maximum atomic E-state index is 12.2. The molecule has 2 heterocycles. The van der Waals surface area contributed by atoms with Crippen LogP contribution in [-0.2, 0) is 4.79 Å². The Kier molecular flexibility index (Phi) is 4.22. The molecule has 1 saturated heterocycles. The van der Waals surface area contributed by atoms with E-state index in [0.717, 1.165) is 25.0 Å². The molecule has 0 radical (unpaired) electrons. The molecule has 1 aromatic rings. The van der Waals surface area contributed by atoms with Gasteiger partial charge in [-0.2, -0.15) is 5.10 Å². The summed E-state index contributed by atoms with van der Waals surface area (Å²) in [4.78, 5) is 24.8. The number of allylic oxidation sites excluding steroid dienone is 1. The summed E-state index contributed by atoms with van der Waals surface area (Å²) in [6.45, 7) is 4.97. The van der Waals surface area contributed by atoms with Gasteiger partial charge in [-0.3, -0.25) is 9.48 Å². The van der Waals surface area contributed by atoms with Crippen molar-refractivity contribution < 1.29 is 14.7 Å². The molecular formula is C14H19N3O3. The Morgan fingerprint density at radius 1 is 1.50 bits per heavy atom. The van der Waals surface area contributed by atoms with Crippen molar-refractivity contribution in [3.63, 3.8) is 0 Å². The van der Waals surface area contributed by atoms with Crippen LogP contribution in [0, 0.1) is 0 Å². The molecule has 1 N–H and O–H groups in total. The number of carboxylic acid groups (broad SMARTS) is 1. The number of hydrogen-bond donors (Lipinski definition) is 1. The third kappa shape index (κ3) is 2.89. The number of carboxylic acids is 1. The molecule has 1 atom stereocenters. The molecule has 20 heavy (non-hydrogen) atoms. The fourth-order valence-corrected chi connectivity index (χ4v) is 2.38. The zero-order chi connectivity index (χ0) is 14.7. The molecule has 6 heteroatoms. The Labute approximate surface area is 117 Å². The second-order valence-electron chi connectivity index (χ2n) is 5.03. The number of carbonyl (C=O) groups excluding carboxylic acids is 1. The Balaban J connectivity index is 2.10. The maximum Gasteiger partial charge on any atom is 0.338 e. The van der Waals surface area contributed by atoms with Crippen molar-refractivity contribution >= 4 is 11.9 Å². The zero-order valence-corrected chi connectivity index (χ0v) is 11.7. The molecule has 1 aliphatic heterocycles. The van der Waals surface area contributed by atoms with Gasteiger partial charge in [-0.05, 0) is 26.7 Å². The molecule has 1 amide bonds. The summed E-state index contributed by atoms with van der Waals surface area (Å²) in [5.74, 6) is -0.937. The number of amides is 1. The van der Waals surface area contributed by atoms with Gasteiger partial charge in [0.05, 0.1) is 17.8 Å². The van der Waals surface area contributed by atoms with Gasteiger partial charge in [-0.25, -0.2) is 4.79 Å². The van der Waals surface area contributed by atoms with Gasteiger partial charge in [0, 0.05) is 24.9 Å². The van der Waals surface area contributed by atoms with Gasteiger partial charge in [0.2, 0.25) is 5.91 Å². The van der Waals surface area contributed by atoms with Crippen molar-refractivity contribution in [3.05, 3.63) is 29.6 Å². The lowest BCUT2D eigenvalue weighted by Crippen LogP contribution is -2.41. The minimum absolute atomic E-state index is 0.0443. The maximum absolute atomic E-state index is 12.2. The molecule has 1 aromatic heterocycles. The summed E-state index contributed by atoms with van der Waals surface area (Å²) < 4.78 is 1.66. The normalized spacial score (nSPS) is 20.0. The minimum Gasteiger partial charge on any atom is -0.478 e. The van der Waals surface area contributed by atoms with E-state index in [1.807, 2.05) is 24.8 Å².